The number of carbonyl (C=O) groups excluding carboxylic acids is 2. The van der Waals surface area contributed by atoms with Crippen molar-refractivity contribution in [1.82, 2.24) is 40.1 Å². The lowest BCUT2D eigenvalue weighted by atomic mass is 9.93. The highest BCUT2D eigenvalue weighted by atomic mass is 35.5. The molecule has 0 saturated heterocycles. The van der Waals surface area contributed by atoms with Crippen molar-refractivity contribution in [2.24, 2.45) is 5.92 Å². The first-order chi connectivity index (χ1) is 34.0. The predicted octanol–water partition coefficient (Wildman–Crippen LogP) is 7.38. The maximum Gasteiger partial charge on any atom is 0.435 e. The Labute approximate surface area is 418 Å². The molecule has 1 saturated carbocycles. The number of hydrogen-bond donors (Lipinski definition) is 3. The number of halogens is 11. The fourth-order valence-corrected chi connectivity index (χ4v) is 9.71. The van der Waals surface area contributed by atoms with E-state index in [1.54, 1.807) is 0 Å². The van der Waals surface area contributed by atoms with Crippen LogP contribution >= 0.6 is 11.6 Å². The Kier molecular flexibility index (Phi) is 14.3. The molecule has 5 aromatic rings. The maximum atomic E-state index is 15.6. The predicted molar refractivity (Wildman–Crippen MR) is 244 cm³/mol. The molecule has 17 nitrogen and oxygen atoms in total. The van der Waals surface area contributed by atoms with E-state index in [0.717, 1.165) is 49.7 Å². The van der Waals surface area contributed by atoms with Crippen LogP contribution in [0.3, 0.4) is 0 Å². The third-order valence-electron chi connectivity index (χ3n) is 12.1. The molecule has 74 heavy (non-hydrogen) atoms. The molecule has 3 atom stereocenters. The fourth-order valence-electron chi connectivity index (χ4n) is 8.37. The molecule has 2 aliphatic rings. The smallest absolute Gasteiger partial charge is 0.435 e. The van der Waals surface area contributed by atoms with Gasteiger partial charge in [-0.1, -0.05) is 23.6 Å². The number of hydrogen-bond acceptors (Lipinski definition) is 10. The van der Waals surface area contributed by atoms with Crippen molar-refractivity contribution in [1.29, 1.82) is 0 Å². The lowest BCUT2D eigenvalue weighted by Crippen LogP contribution is -2.47. The first kappa shape index (κ1) is 55.1. The summed E-state index contributed by atoms with van der Waals surface area (Å²) in [5, 5.41) is 19.5. The molecule has 398 valence electrons. The van der Waals surface area contributed by atoms with Gasteiger partial charge in [-0.2, -0.15) is 49.6 Å². The van der Waals surface area contributed by atoms with E-state index in [1.165, 1.54) is 13.8 Å². The van der Waals surface area contributed by atoms with Crippen LogP contribution in [0.15, 0.2) is 42.5 Å². The first-order valence-corrected chi connectivity index (χ1v) is 25.6. The lowest BCUT2D eigenvalue weighted by molar-refractivity contribution is -0.143. The van der Waals surface area contributed by atoms with E-state index < -0.39 is 173 Å². The van der Waals surface area contributed by atoms with Gasteiger partial charge in [0.15, 0.2) is 21.3 Å². The number of alkyl halides is 8. The SMILES string of the molecule is CN(CCNC(=O)O)C(=O)N(c1nn(CC(F)(F)F)c2c(-c3ccc(C#CC(C)(C)S(C)(=O)=O)nc3[C@H](Cc3cc(F)cc(F)c3)NC(=O)Cn3nc(C(F)(F)F)c4c3C(F)(F)[C@@H]3C[C@H]43)ccc(Cl)c12)S(C)(=O)=O. The number of sulfone groups is 1. The van der Waals surface area contributed by atoms with Gasteiger partial charge in [0, 0.05) is 55.1 Å². The molecule has 0 aliphatic heterocycles. The summed E-state index contributed by atoms with van der Waals surface area (Å²) in [7, 11) is -7.77. The van der Waals surface area contributed by atoms with E-state index in [-0.39, 0.29) is 36.9 Å². The molecule has 0 bridgehead atoms. The van der Waals surface area contributed by atoms with Crippen molar-refractivity contribution < 1.29 is 80.2 Å². The zero-order valence-electron chi connectivity index (χ0n) is 38.9. The number of carbonyl (C=O) groups is 3. The number of rotatable bonds is 14. The number of amides is 4. The number of pyridine rings is 1. The number of nitrogens with one attached hydrogen (secondary N) is 2. The molecule has 7 rings (SSSR count). The highest BCUT2D eigenvalue weighted by molar-refractivity contribution is 7.93. The molecule has 3 aromatic heterocycles. The van der Waals surface area contributed by atoms with Crippen molar-refractivity contribution >= 4 is 66.2 Å². The van der Waals surface area contributed by atoms with Gasteiger partial charge in [0.05, 0.1) is 33.9 Å². The summed E-state index contributed by atoms with van der Waals surface area (Å²) >= 11 is 6.64. The minimum absolute atomic E-state index is 0.00472. The van der Waals surface area contributed by atoms with Crippen molar-refractivity contribution in [2.75, 3.05) is 37.0 Å². The Morgan fingerprint density at radius 2 is 1.59 bits per heavy atom. The third-order valence-corrected chi connectivity index (χ3v) is 15.3. The number of fused-ring (bicyclic) bond motifs is 4. The number of carboxylic acid groups (broad SMARTS) is 1. The standard InChI is InChI=1S/C44H40ClF10N9O8S2/c1-41(2,73(4,69)70)11-10-24-6-7-25(26-8-9-29(45)33-35(26)63(20-42(48,49)50)60-38(33)64(74(5,71)72)40(68)61(3)13-12-56-39(66)67)34(57-24)30(16-21-14-22(46)17-23(47)15-21)58-31(65)19-62-37-32(36(59-62)44(53,54)55)27-18-28(27)43(37,51)52/h6-9,14-15,17,27-28,30,56H,12-13,16,18-20H2,1-5H3,(H,58,65)(H,66,67)/t27-,28+,30-/m0/s1. The average Bonchev–Trinajstić information content (AvgIpc) is 3.76. The van der Waals surface area contributed by atoms with E-state index in [4.69, 9.17) is 16.7 Å². The summed E-state index contributed by atoms with van der Waals surface area (Å²) in [6.45, 7) is -1.82. The van der Waals surface area contributed by atoms with Gasteiger partial charge in [-0.05, 0) is 74.4 Å². The van der Waals surface area contributed by atoms with E-state index in [0.29, 0.717) is 17.2 Å². The molecule has 1 fully saturated rings. The van der Waals surface area contributed by atoms with Crippen LogP contribution in [0.2, 0.25) is 5.02 Å². The quantitative estimate of drug-likeness (QED) is 0.0736. The molecule has 3 N–H and O–H groups in total. The Bertz CT molecular complexity index is 3410. The maximum absolute atomic E-state index is 15.6. The van der Waals surface area contributed by atoms with Gasteiger partial charge < -0.3 is 20.6 Å². The second-order valence-corrected chi connectivity index (χ2v) is 22.8. The largest absolute Gasteiger partial charge is 0.465 e. The molecule has 0 unspecified atom stereocenters. The zero-order valence-corrected chi connectivity index (χ0v) is 41.3. The van der Waals surface area contributed by atoms with Gasteiger partial charge in [-0.15, -0.1) is 0 Å². The molecule has 0 radical (unpaired) electrons. The molecule has 0 spiro atoms. The lowest BCUT2D eigenvalue weighted by Gasteiger charge is -2.25. The number of aromatic nitrogens is 5. The van der Waals surface area contributed by atoms with Crippen LogP contribution < -0.4 is 14.9 Å². The average molecular weight is 1110 g/mol. The van der Waals surface area contributed by atoms with Crippen LogP contribution in [-0.2, 0) is 56.3 Å². The molecule has 30 heteroatoms. The topological polar surface area (TPSA) is 219 Å². The van der Waals surface area contributed by atoms with Crippen molar-refractivity contribution in [3.8, 4) is 23.0 Å². The molecule has 2 aliphatic carbocycles. The summed E-state index contributed by atoms with van der Waals surface area (Å²) < 4.78 is 198. The Hall–Kier alpha value is -6.67. The monoisotopic (exact) mass is 1110 g/mol. The van der Waals surface area contributed by atoms with Crippen molar-refractivity contribution in [3.05, 3.63) is 93.0 Å². The summed E-state index contributed by atoms with van der Waals surface area (Å²) in [6, 6.07) is 3.16. The van der Waals surface area contributed by atoms with Crippen LogP contribution in [0.4, 0.5) is 59.3 Å². The van der Waals surface area contributed by atoms with E-state index in [1.807, 2.05) is 5.32 Å². The van der Waals surface area contributed by atoms with Crippen LogP contribution in [0.5, 0.6) is 0 Å². The van der Waals surface area contributed by atoms with Crippen LogP contribution in [0.1, 0.15) is 66.1 Å². The fraction of sp³-hybridized carbons (Fsp3) is 0.409. The summed E-state index contributed by atoms with van der Waals surface area (Å²) in [5.41, 5.74) is -6.10. The highest BCUT2D eigenvalue weighted by Crippen LogP contribution is 2.68. The normalized spacial score (nSPS) is 16.7. The summed E-state index contributed by atoms with van der Waals surface area (Å²) in [5.74, 6) is -6.18. The Balaban J connectivity index is 1.48. The van der Waals surface area contributed by atoms with Gasteiger partial charge in [0.2, 0.25) is 15.9 Å². The molecular formula is C44H40ClF10N9O8S2. The van der Waals surface area contributed by atoms with Crippen LogP contribution in [0.25, 0.3) is 22.0 Å². The van der Waals surface area contributed by atoms with Gasteiger partial charge in [0.1, 0.15) is 40.9 Å². The molecular weight excluding hydrogens is 1070 g/mol. The Morgan fingerprint density at radius 3 is 2.18 bits per heavy atom. The van der Waals surface area contributed by atoms with E-state index >= 15 is 8.78 Å². The zero-order chi connectivity index (χ0) is 55.0. The number of likely N-dealkylation sites (N-methyl/N-ethyl adjacent to an activating group) is 1. The first-order valence-electron chi connectivity index (χ1n) is 21.5. The minimum atomic E-state index is -5.24. The van der Waals surface area contributed by atoms with Crippen LogP contribution in [-0.4, -0.2) is 113 Å². The van der Waals surface area contributed by atoms with Gasteiger partial charge >= 0.3 is 24.5 Å². The van der Waals surface area contributed by atoms with Gasteiger partial charge in [-0.25, -0.2) is 40.2 Å². The van der Waals surface area contributed by atoms with Crippen molar-refractivity contribution in [2.45, 2.75) is 74.8 Å². The molecule has 2 aromatic carbocycles. The molecule has 3 heterocycles. The molecule has 4 amide bonds. The van der Waals surface area contributed by atoms with Gasteiger partial charge in [-0.3, -0.25) is 14.2 Å². The third kappa shape index (κ3) is 11.2. The highest BCUT2D eigenvalue weighted by Gasteiger charge is 2.68. The minimum Gasteiger partial charge on any atom is -0.465 e. The number of sulfonamides is 1. The second kappa shape index (κ2) is 19.2. The van der Waals surface area contributed by atoms with Crippen LogP contribution in [0, 0.1) is 29.4 Å². The number of urea groups is 1. The number of benzene rings is 2. The van der Waals surface area contributed by atoms with E-state index in [2.05, 4.69) is 32.3 Å². The number of nitrogens with zero attached hydrogens (tertiary/aromatic N) is 7. The van der Waals surface area contributed by atoms with Crippen molar-refractivity contribution in [3.63, 3.8) is 0 Å². The summed E-state index contributed by atoms with van der Waals surface area (Å²) in [6.07, 6.45) is -11.6. The summed E-state index contributed by atoms with van der Waals surface area (Å²) in [4.78, 5) is 44.4. The van der Waals surface area contributed by atoms with E-state index in [9.17, 15) is 66.3 Å². The number of anilines is 1. The second-order valence-electron chi connectivity index (χ2n) is 18.0. The Morgan fingerprint density at radius 1 is 0.959 bits per heavy atom. The van der Waals surface area contributed by atoms with Gasteiger partial charge in [0.25, 0.3) is 5.92 Å².